The van der Waals surface area contributed by atoms with Gasteiger partial charge in [0.1, 0.15) is 0 Å². The third-order valence-corrected chi connectivity index (χ3v) is 4.61. The second kappa shape index (κ2) is 5.81. The molecule has 7 heteroatoms. The van der Waals surface area contributed by atoms with Crippen LogP contribution < -0.4 is 4.72 Å². The van der Waals surface area contributed by atoms with Crippen molar-refractivity contribution in [2.45, 2.75) is 39.2 Å². The van der Waals surface area contributed by atoms with Crippen LogP contribution in [0.2, 0.25) is 0 Å². The van der Waals surface area contributed by atoms with E-state index < -0.39 is 10.2 Å². The Morgan fingerprint density at radius 2 is 2.11 bits per heavy atom. The van der Waals surface area contributed by atoms with E-state index in [2.05, 4.69) is 9.88 Å². The zero-order chi connectivity index (χ0) is 13.0. The summed E-state index contributed by atoms with van der Waals surface area (Å²) >= 11 is 0. The number of hydrogen-bond acceptors (Lipinski definition) is 4. The lowest BCUT2D eigenvalue weighted by molar-refractivity contribution is 0.337. The van der Waals surface area contributed by atoms with Crippen LogP contribution in [0.5, 0.6) is 0 Å². The molecule has 1 aromatic rings. The lowest BCUT2D eigenvalue weighted by atomic mass is 10.2. The van der Waals surface area contributed by atoms with Gasteiger partial charge in [0.05, 0.1) is 12.2 Å². The SMILES string of the molecule is CCc1cc(CNS(=O)(=O)N2CCCCC2)on1. The Morgan fingerprint density at radius 1 is 1.39 bits per heavy atom. The van der Waals surface area contributed by atoms with Gasteiger partial charge in [0, 0.05) is 19.2 Å². The topological polar surface area (TPSA) is 75.4 Å². The van der Waals surface area contributed by atoms with Crippen LogP contribution in [-0.4, -0.2) is 31.0 Å². The van der Waals surface area contributed by atoms with Gasteiger partial charge in [-0.05, 0) is 19.3 Å². The van der Waals surface area contributed by atoms with Crippen molar-refractivity contribution in [2.24, 2.45) is 0 Å². The van der Waals surface area contributed by atoms with E-state index in [-0.39, 0.29) is 6.54 Å². The highest BCUT2D eigenvalue weighted by atomic mass is 32.2. The molecule has 1 aliphatic rings. The van der Waals surface area contributed by atoms with Crippen LogP contribution in [0.1, 0.15) is 37.6 Å². The van der Waals surface area contributed by atoms with E-state index >= 15 is 0 Å². The first-order valence-electron chi connectivity index (χ1n) is 6.31. The number of nitrogens with one attached hydrogen (secondary N) is 1. The number of aromatic nitrogens is 1. The second-order valence-electron chi connectivity index (χ2n) is 4.42. The van der Waals surface area contributed by atoms with E-state index in [1.807, 2.05) is 6.92 Å². The van der Waals surface area contributed by atoms with Crippen molar-refractivity contribution < 1.29 is 12.9 Å². The van der Waals surface area contributed by atoms with Crippen molar-refractivity contribution in [3.63, 3.8) is 0 Å². The van der Waals surface area contributed by atoms with Crippen molar-refractivity contribution in [2.75, 3.05) is 13.1 Å². The van der Waals surface area contributed by atoms with Crippen LogP contribution >= 0.6 is 0 Å². The number of rotatable bonds is 5. The normalized spacial score (nSPS) is 18.1. The predicted molar refractivity (Wildman–Crippen MR) is 67.1 cm³/mol. The summed E-state index contributed by atoms with van der Waals surface area (Å²) in [6.45, 7) is 3.34. The molecule has 102 valence electrons. The third-order valence-electron chi connectivity index (χ3n) is 3.05. The first kappa shape index (κ1) is 13.5. The summed E-state index contributed by atoms with van der Waals surface area (Å²) in [6.07, 6.45) is 3.75. The molecular formula is C11H19N3O3S. The molecule has 0 aliphatic carbocycles. The molecule has 2 rings (SSSR count). The monoisotopic (exact) mass is 273 g/mol. The van der Waals surface area contributed by atoms with Gasteiger partial charge >= 0.3 is 0 Å². The molecule has 0 aromatic carbocycles. The fourth-order valence-electron chi connectivity index (χ4n) is 1.96. The number of aryl methyl sites for hydroxylation is 1. The summed E-state index contributed by atoms with van der Waals surface area (Å²) < 4.78 is 33.1. The molecule has 6 nitrogen and oxygen atoms in total. The van der Waals surface area contributed by atoms with Gasteiger partial charge in [-0.3, -0.25) is 0 Å². The maximum Gasteiger partial charge on any atom is 0.279 e. The quantitative estimate of drug-likeness (QED) is 0.870. The van der Waals surface area contributed by atoms with Crippen LogP contribution in [0.25, 0.3) is 0 Å². The van der Waals surface area contributed by atoms with Gasteiger partial charge in [-0.15, -0.1) is 0 Å². The van der Waals surface area contributed by atoms with Crippen molar-refractivity contribution >= 4 is 10.2 Å². The third kappa shape index (κ3) is 3.30. The lowest BCUT2D eigenvalue weighted by Gasteiger charge is -2.25. The molecule has 0 amide bonds. The van der Waals surface area contributed by atoms with Gasteiger partial charge in [-0.1, -0.05) is 18.5 Å². The predicted octanol–water partition coefficient (Wildman–Crippen LogP) is 1.06. The summed E-state index contributed by atoms with van der Waals surface area (Å²) in [5.41, 5.74) is 0.835. The fourth-order valence-corrected chi connectivity index (χ4v) is 3.21. The standard InChI is InChI=1S/C11H19N3O3S/c1-2-10-8-11(17-13-10)9-12-18(15,16)14-6-4-3-5-7-14/h8,12H,2-7,9H2,1H3. The smallest absolute Gasteiger partial charge is 0.279 e. The Balaban J connectivity index is 1.91. The molecule has 0 spiro atoms. The average Bonchev–Trinajstić information content (AvgIpc) is 2.86. The summed E-state index contributed by atoms with van der Waals surface area (Å²) in [7, 11) is -3.38. The van der Waals surface area contributed by atoms with E-state index in [1.165, 1.54) is 4.31 Å². The summed E-state index contributed by atoms with van der Waals surface area (Å²) in [5.74, 6) is 0.549. The largest absolute Gasteiger partial charge is 0.360 e. The lowest BCUT2D eigenvalue weighted by Crippen LogP contribution is -2.43. The highest BCUT2D eigenvalue weighted by Gasteiger charge is 2.23. The van der Waals surface area contributed by atoms with Crippen LogP contribution in [0.15, 0.2) is 10.6 Å². The van der Waals surface area contributed by atoms with Crippen molar-refractivity contribution in [3.8, 4) is 0 Å². The molecule has 1 aliphatic heterocycles. The Bertz CT molecular complexity index is 477. The van der Waals surface area contributed by atoms with Gasteiger partial charge < -0.3 is 4.52 Å². The van der Waals surface area contributed by atoms with E-state index in [1.54, 1.807) is 6.07 Å². The summed E-state index contributed by atoms with van der Waals surface area (Å²) in [6, 6.07) is 1.78. The summed E-state index contributed by atoms with van der Waals surface area (Å²) in [4.78, 5) is 0. The molecular weight excluding hydrogens is 254 g/mol. The van der Waals surface area contributed by atoms with Crippen molar-refractivity contribution in [1.82, 2.24) is 14.2 Å². The van der Waals surface area contributed by atoms with Gasteiger partial charge in [0.25, 0.3) is 10.2 Å². The Morgan fingerprint density at radius 3 is 2.72 bits per heavy atom. The van der Waals surface area contributed by atoms with Gasteiger partial charge in [-0.2, -0.15) is 17.4 Å². The molecule has 1 aromatic heterocycles. The maximum atomic E-state index is 12.0. The Hall–Kier alpha value is -0.920. The van der Waals surface area contributed by atoms with Crippen LogP contribution in [0.3, 0.4) is 0 Å². The molecule has 0 unspecified atom stereocenters. The molecule has 18 heavy (non-hydrogen) atoms. The minimum Gasteiger partial charge on any atom is -0.360 e. The van der Waals surface area contributed by atoms with Crippen LogP contribution in [-0.2, 0) is 23.2 Å². The van der Waals surface area contributed by atoms with Gasteiger partial charge in [0.2, 0.25) is 0 Å². The zero-order valence-corrected chi connectivity index (χ0v) is 11.4. The number of hydrogen-bond donors (Lipinski definition) is 1. The number of nitrogens with zero attached hydrogens (tertiary/aromatic N) is 2. The molecule has 2 heterocycles. The highest BCUT2D eigenvalue weighted by molar-refractivity contribution is 7.87. The van der Waals surface area contributed by atoms with Crippen LogP contribution in [0.4, 0.5) is 0 Å². The van der Waals surface area contributed by atoms with E-state index in [0.29, 0.717) is 18.8 Å². The van der Waals surface area contributed by atoms with Crippen LogP contribution in [0, 0.1) is 0 Å². The fraction of sp³-hybridized carbons (Fsp3) is 0.727. The molecule has 1 saturated heterocycles. The zero-order valence-electron chi connectivity index (χ0n) is 10.6. The molecule has 1 N–H and O–H groups in total. The Kier molecular flexibility index (Phi) is 4.36. The maximum absolute atomic E-state index is 12.0. The first-order chi connectivity index (χ1) is 8.62. The molecule has 1 fully saturated rings. The second-order valence-corrected chi connectivity index (χ2v) is 6.18. The first-order valence-corrected chi connectivity index (χ1v) is 7.75. The molecule has 0 saturated carbocycles. The minimum absolute atomic E-state index is 0.159. The molecule has 0 radical (unpaired) electrons. The van der Waals surface area contributed by atoms with Crippen molar-refractivity contribution in [1.29, 1.82) is 0 Å². The summed E-state index contributed by atoms with van der Waals surface area (Å²) in [5, 5.41) is 3.82. The minimum atomic E-state index is -3.38. The average molecular weight is 273 g/mol. The molecule has 0 atom stereocenters. The van der Waals surface area contributed by atoms with E-state index in [4.69, 9.17) is 4.52 Å². The number of piperidine rings is 1. The Labute approximate surface area is 108 Å². The van der Waals surface area contributed by atoms with Gasteiger partial charge in [0.15, 0.2) is 5.76 Å². The highest BCUT2D eigenvalue weighted by Crippen LogP contribution is 2.12. The van der Waals surface area contributed by atoms with Gasteiger partial charge in [-0.25, -0.2) is 0 Å². The van der Waals surface area contributed by atoms with Crippen molar-refractivity contribution in [3.05, 3.63) is 17.5 Å². The van der Waals surface area contributed by atoms with E-state index in [9.17, 15) is 8.42 Å². The van der Waals surface area contributed by atoms with E-state index in [0.717, 1.165) is 31.4 Å². The molecule has 0 bridgehead atoms.